The lowest BCUT2D eigenvalue weighted by atomic mass is 9.89. The topological polar surface area (TPSA) is 69.0 Å². The third kappa shape index (κ3) is 5.30. The Morgan fingerprint density at radius 2 is 1.74 bits per heavy atom. The number of methoxy groups -OCH3 is 2. The van der Waals surface area contributed by atoms with Crippen LogP contribution in [0.15, 0.2) is 51.9 Å². The molecular weight excluding hydrogens is 437 g/mol. The van der Waals surface area contributed by atoms with Crippen LogP contribution in [0.2, 0.25) is 0 Å². The van der Waals surface area contributed by atoms with Gasteiger partial charge in [-0.1, -0.05) is 0 Å². The van der Waals surface area contributed by atoms with E-state index in [9.17, 15) is 14.0 Å². The van der Waals surface area contributed by atoms with Crippen LogP contribution >= 0.6 is 0 Å². The maximum Gasteiger partial charge on any atom is 0.195 e. The lowest BCUT2D eigenvalue weighted by molar-refractivity contribution is 0.0839. The molecule has 0 amide bonds. The summed E-state index contributed by atoms with van der Waals surface area (Å²) in [6, 6.07) is 9.16. The predicted octanol–water partition coefficient (Wildman–Crippen LogP) is 4.87. The van der Waals surface area contributed by atoms with Crippen molar-refractivity contribution in [3.05, 3.63) is 69.8 Å². The molecule has 4 rings (SSSR count). The standard InChI is InChI=1S/C27H30FNO5/c1-32-24-15-22-23(16-25(24)33-2)34-17-20(27(22)31)5-3-4-12-29-13-10-19(11-14-29)26(30)18-6-8-21(28)9-7-18/h6-9,15-17,19H,3-5,10-14H2,1-2H3. The molecule has 1 aromatic heterocycles. The van der Waals surface area contributed by atoms with Gasteiger partial charge in [0.15, 0.2) is 22.7 Å². The van der Waals surface area contributed by atoms with Crippen LogP contribution in [-0.4, -0.2) is 44.5 Å². The number of carbonyl (C=O) groups excluding carboxylic acids is 1. The van der Waals surface area contributed by atoms with Crippen molar-refractivity contribution in [2.45, 2.75) is 32.1 Å². The molecule has 1 saturated heterocycles. The quantitative estimate of drug-likeness (QED) is 0.331. The largest absolute Gasteiger partial charge is 0.493 e. The number of rotatable bonds is 9. The lowest BCUT2D eigenvalue weighted by Gasteiger charge is -2.31. The van der Waals surface area contributed by atoms with Crippen LogP contribution in [0.3, 0.4) is 0 Å². The van der Waals surface area contributed by atoms with Crippen molar-refractivity contribution in [2.75, 3.05) is 33.9 Å². The van der Waals surface area contributed by atoms with E-state index in [0.717, 1.165) is 45.3 Å². The summed E-state index contributed by atoms with van der Waals surface area (Å²) in [5, 5.41) is 0.489. The number of aryl methyl sites for hydroxylation is 1. The number of Topliss-reactive ketones (excluding diaryl/α,β-unsaturated/α-hetero) is 1. The van der Waals surface area contributed by atoms with Gasteiger partial charge in [0.25, 0.3) is 0 Å². The van der Waals surface area contributed by atoms with Gasteiger partial charge in [-0.15, -0.1) is 0 Å². The number of unbranched alkanes of at least 4 members (excludes halogenated alkanes) is 1. The minimum absolute atomic E-state index is 0.000408. The van der Waals surface area contributed by atoms with E-state index in [0.29, 0.717) is 40.0 Å². The van der Waals surface area contributed by atoms with Gasteiger partial charge in [0.05, 0.1) is 25.9 Å². The van der Waals surface area contributed by atoms with Crippen molar-refractivity contribution in [3.8, 4) is 11.5 Å². The molecule has 0 spiro atoms. The highest BCUT2D eigenvalue weighted by atomic mass is 19.1. The average Bonchev–Trinajstić information content (AvgIpc) is 2.87. The van der Waals surface area contributed by atoms with E-state index in [4.69, 9.17) is 13.9 Å². The molecule has 0 bridgehead atoms. The third-order valence-corrected chi connectivity index (χ3v) is 6.61. The zero-order valence-corrected chi connectivity index (χ0v) is 19.6. The number of ether oxygens (including phenoxy) is 2. The van der Waals surface area contributed by atoms with Crippen molar-refractivity contribution in [3.63, 3.8) is 0 Å². The first-order valence-electron chi connectivity index (χ1n) is 11.7. The summed E-state index contributed by atoms with van der Waals surface area (Å²) in [6.45, 7) is 2.68. The Labute approximate surface area is 198 Å². The number of ketones is 1. The first-order chi connectivity index (χ1) is 16.5. The number of piperidine rings is 1. The second-order valence-electron chi connectivity index (χ2n) is 8.74. The highest BCUT2D eigenvalue weighted by molar-refractivity contribution is 5.97. The maximum absolute atomic E-state index is 13.1. The number of fused-ring (bicyclic) bond motifs is 1. The molecule has 2 aromatic carbocycles. The van der Waals surface area contributed by atoms with Crippen LogP contribution in [0.25, 0.3) is 11.0 Å². The van der Waals surface area contributed by atoms with Crippen molar-refractivity contribution < 1.29 is 23.1 Å². The SMILES string of the molecule is COc1cc2occ(CCCCN3CCC(C(=O)c4ccc(F)cc4)CC3)c(=O)c2cc1OC. The van der Waals surface area contributed by atoms with Gasteiger partial charge in [0.1, 0.15) is 11.4 Å². The summed E-state index contributed by atoms with van der Waals surface area (Å²) in [5.74, 6) is 0.805. The highest BCUT2D eigenvalue weighted by Gasteiger charge is 2.25. The molecule has 1 aliphatic rings. The van der Waals surface area contributed by atoms with Gasteiger partial charge in [0.2, 0.25) is 0 Å². The Kier molecular flexibility index (Phi) is 7.63. The molecule has 34 heavy (non-hydrogen) atoms. The van der Waals surface area contributed by atoms with E-state index < -0.39 is 0 Å². The molecule has 0 saturated carbocycles. The van der Waals surface area contributed by atoms with Crippen molar-refractivity contribution in [2.24, 2.45) is 5.92 Å². The Morgan fingerprint density at radius 3 is 2.41 bits per heavy atom. The lowest BCUT2D eigenvalue weighted by Crippen LogP contribution is -2.37. The van der Waals surface area contributed by atoms with E-state index in [2.05, 4.69) is 4.90 Å². The normalized spacial score (nSPS) is 14.9. The number of halogens is 1. The number of nitrogens with zero attached hydrogens (tertiary/aromatic N) is 1. The molecule has 1 aliphatic heterocycles. The predicted molar refractivity (Wildman–Crippen MR) is 128 cm³/mol. The summed E-state index contributed by atoms with van der Waals surface area (Å²) in [5.41, 5.74) is 1.68. The summed E-state index contributed by atoms with van der Waals surface area (Å²) in [7, 11) is 3.08. The first kappa shape index (κ1) is 24.0. The van der Waals surface area contributed by atoms with Gasteiger partial charge >= 0.3 is 0 Å². The molecular formula is C27H30FNO5. The summed E-state index contributed by atoms with van der Waals surface area (Å²) >= 11 is 0. The van der Waals surface area contributed by atoms with Crippen LogP contribution in [0.4, 0.5) is 4.39 Å². The molecule has 0 atom stereocenters. The van der Waals surface area contributed by atoms with Gasteiger partial charge < -0.3 is 18.8 Å². The number of hydrogen-bond donors (Lipinski definition) is 0. The van der Waals surface area contributed by atoms with Crippen LogP contribution in [0.5, 0.6) is 11.5 Å². The molecule has 6 nitrogen and oxygen atoms in total. The minimum Gasteiger partial charge on any atom is -0.493 e. The molecule has 1 fully saturated rings. The van der Waals surface area contributed by atoms with E-state index in [1.165, 1.54) is 19.2 Å². The van der Waals surface area contributed by atoms with E-state index >= 15 is 0 Å². The summed E-state index contributed by atoms with van der Waals surface area (Å²) in [4.78, 5) is 27.9. The number of benzene rings is 2. The minimum atomic E-state index is -0.326. The zero-order valence-electron chi connectivity index (χ0n) is 19.6. The fraction of sp³-hybridized carbons (Fsp3) is 0.407. The first-order valence-corrected chi connectivity index (χ1v) is 11.7. The maximum atomic E-state index is 13.1. The van der Waals surface area contributed by atoms with E-state index in [1.807, 2.05) is 0 Å². The molecule has 2 heterocycles. The Morgan fingerprint density at radius 1 is 1.06 bits per heavy atom. The van der Waals surface area contributed by atoms with Crippen molar-refractivity contribution in [1.82, 2.24) is 4.90 Å². The van der Waals surface area contributed by atoms with Crippen molar-refractivity contribution >= 4 is 16.8 Å². The summed E-state index contributed by atoms with van der Waals surface area (Å²) < 4.78 is 29.4. The van der Waals surface area contributed by atoms with Gasteiger partial charge in [-0.25, -0.2) is 4.39 Å². The Balaban J connectivity index is 1.26. The summed E-state index contributed by atoms with van der Waals surface area (Å²) in [6.07, 6.45) is 5.65. The van der Waals surface area contributed by atoms with Crippen molar-refractivity contribution in [1.29, 1.82) is 0 Å². The second kappa shape index (κ2) is 10.8. The fourth-order valence-corrected chi connectivity index (χ4v) is 4.59. The van der Waals surface area contributed by atoms with E-state index in [-0.39, 0.29) is 22.9 Å². The molecule has 3 aromatic rings. The molecule has 0 N–H and O–H groups in total. The second-order valence-corrected chi connectivity index (χ2v) is 8.74. The Bertz CT molecular complexity index is 1200. The highest BCUT2D eigenvalue weighted by Crippen LogP contribution is 2.31. The smallest absolute Gasteiger partial charge is 0.195 e. The third-order valence-electron chi connectivity index (χ3n) is 6.61. The number of likely N-dealkylation sites (tertiary alicyclic amines) is 1. The van der Waals surface area contributed by atoms with Gasteiger partial charge in [0, 0.05) is 23.1 Å². The molecule has 7 heteroatoms. The van der Waals surface area contributed by atoms with Crippen LogP contribution in [0.1, 0.15) is 41.6 Å². The number of hydrogen-bond acceptors (Lipinski definition) is 6. The van der Waals surface area contributed by atoms with Gasteiger partial charge in [-0.2, -0.15) is 0 Å². The molecule has 0 radical (unpaired) electrons. The zero-order chi connectivity index (χ0) is 24.1. The van der Waals surface area contributed by atoms with E-state index in [1.54, 1.807) is 37.6 Å². The average molecular weight is 468 g/mol. The van der Waals surface area contributed by atoms with Gasteiger partial charge in [-0.05, 0) is 82.1 Å². The molecule has 180 valence electrons. The monoisotopic (exact) mass is 467 g/mol. The number of carbonyl (C=O) groups is 1. The molecule has 0 aliphatic carbocycles. The fourth-order valence-electron chi connectivity index (χ4n) is 4.59. The van der Waals surface area contributed by atoms with Gasteiger partial charge in [-0.3, -0.25) is 9.59 Å². The van der Waals surface area contributed by atoms with Crippen LogP contribution in [0, 0.1) is 11.7 Å². The molecule has 0 unspecified atom stereocenters. The van der Waals surface area contributed by atoms with Crippen LogP contribution in [-0.2, 0) is 6.42 Å². The Hall–Kier alpha value is -3.19. The van der Waals surface area contributed by atoms with Crippen LogP contribution < -0.4 is 14.9 Å².